The van der Waals surface area contributed by atoms with Crippen LogP contribution in [-0.4, -0.2) is 48.8 Å². The van der Waals surface area contributed by atoms with Crippen LogP contribution in [0, 0.1) is 0 Å². The molecule has 4 heterocycles. The Morgan fingerprint density at radius 1 is 1.17 bits per heavy atom. The number of nitrogens with zero attached hydrogens (tertiary/aromatic N) is 6. The van der Waals surface area contributed by atoms with Gasteiger partial charge >= 0.3 is 6.09 Å². The summed E-state index contributed by atoms with van der Waals surface area (Å²) < 4.78 is 12.6. The first-order chi connectivity index (χ1) is 14.3. The van der Waals surface area contributed by atoms with Gasteiger partial charge in [-0.1, -0.05) is 35.5 Å². The second kappa shape index (κ2) is 7.34. The molecule has 0 N–H and O–H groups in total. The zero-order valence-electron chi connectivity index (χ0n) is 15.5. The van der Waals surface area contributed by atoms with Crippen LogP contribution in [0.2, 0.25) is 0 Å². The molecular formula is C20H18N6O3. The second-order valence-corrected chi connectivity index (χ2v) is 6.86. The quantitative estimate of drug-likeness (QED) is 0.528. The van der Waals surface area contributed by atoms with E-state index in [0.717, 1.165) is 12.0 Å². The Kier molecular flexibility index (Phi) is 4.39. The van der Waals surface area contributed by atoms with Gasteiger partial charge < -0.3 is 14.2 Å². The molecule has 0 radical (unpaired) electrons. The summed E-state index contributed by atoms with van der Waals surface area (Å²) in [5.41, 5.74) is 2.37. The molecule has 0 saturated carbocycles. The molecule has 9 heteroatoms. The number of hydrogen-bond donors (Lipinski definition) is 0. The van der Waals surface area contributed by atoms with Crippen molar-refractivity contribution in [3.63, 3.8) is 0 Å². The van der Waals surface area contributed by atoms with Crippen molar-refractivity contribution in [1.29, 1.82) is 0 Å². The van der Waals surface area contributed by atoms with Crippen LogP contribution in [0.4, 0.5) is 4.79 Å². The molecule has 29 heavy (non-hydrogen) atoms. The molecule has 1 aliphatic rings. The predicted octanol–water partition coefficient (Wildman–Crippen LogP) is 2.91. The molecule has 146 valence electrons. The smallest absolute Gasteiger partial charge is 0.410 e. The van der Waals surface area contributed by atoms with Crippen LogP contribution in [0.15, 0.2) is 59.4 Å². The van der Waals surface area contributed by atoms with Crippen LogP contribution in [0.25, 0.3) is 17.2 Å². The van der Waals surface area contributed by atoms with E-state index in [9.17, 15) is 4.79 Å². The lowest BCUT2D eigenvalue weighted by atomic mass is 10.1. The largest absolute Gasteiger partial charge is 0.445 e. The zero-order valence-corrected chi connectivity index (χ0v) is 15.5. The van der Waals surface area contributed by atoms with E-state index in [0.29, 0.717) is 36.1 Å². The molecule has 0 spiro atoms. The molecule has 9 nitrogen and oxygen atoms in total. The summed E-state index contributed by atoms with van der Waals surface area (Å²) in [5, 5.41) is 8.34. The van der Waals surface area contributed by atoms with Gasteiger partial charge in [0.2, 0.25) is 11.7 Å². The summed E-state index contributed by atoms with van der Waals surface area (Å²) in [6, 6.07) is 13.2. The first kappa shape index (κ1) is 17.4. The average Bonchev–Trinajstić information content (AvgIpc) is 3.52. The number of carbonyl (C=O) groups is 1. The number of amides is 1. The van der Waals surface area contributed by atoms with Crippen LogP contribution in [-0.2, 0) is 11.3 Å². The first-order valence-corrected chi connectivity index (χ1v) is 9.36. The summed E-state index contributed by atoms with van der Waals surface area (Å²) in [7, 11) is 0. The Labute approximate surface area is 165 Å². The highest BCUT2D eigenvalue weighted by molar-refractivity contribution is 5.68. The third kappa shape index (κ3) is 3.42. The molecule has 1 saturated heterocycles. The molecule has 1 amide bonds. The molecule has 5 rings (SSSR count). The summed E-state index contributed by atoms with van der Waals surface area (Å²) >= 11 is 0. The highest BCUT2D eigenvalue weighted by Gasteiger charge is 2.32. The number of benzene rings is 1. The van der Waals surface area contributed by atoms with Gasteiger partial charge in [-0.05, 0) is 18.1 Å². The van der Waals surface area contributed by atoms with E-state index in [-0.39, 0.29) is 18.6 Å². The molecule has 1 unspecified atom stereocenters. The van der Waals surface area contributed by atoms with E-state index < -0.39 is 0 Å². The molecule has 1 aromatic carbocycles. The van der Waals surface area contributed by atoms with Gasteiger partial charge in [0.25, 0.3) is 0 Å². The average molecular weight is 390 g/mol. The van der Waals surface area contributed by atoms with Crippen molar-refractivity contribution in [2.24, 2.45) is 0 Å². The van der Waals surface area contributed by atoms with Crippen LogP contribution in [0.5, 0.6) is 0 Å². The van der Waals surface area contributed by atoms with E-state index >= 15 is 0 Å². The number of aromatic nitrogens is 5. The number of rotatable bonds is 4. The van der Waals surface area contributed by atoms with E-state index in [1.54, 1.807) is 33.9 Å². The highest BCUT2D eigenvalue weighted by Crippen LogP contribution is 2.28. The lowest BCUT2D eigenvalue weighted by Gasteiger charge is -2.15. The first-order valence-electron chi connectivity index (χ1n) is 9.36. The Morgan fingerprint density at radius 3 is 2.97 bits per heavy atom. The summed E-state index contributed by atoms with van der Waals surface area (Å²) in [5.74, 6) is 0.937. The van der Waals surface area contributed by atoms with Crippen molar-refractivity contribution in [3.05, 3.63) is 66.3 Å². The van der Waals surface area contributed by atoms with Crippen molar-refractivity contribution in [1.82, 2.24) is 29.6 Å². The standard InChI is InChI=1S/C20H18N6O3/c27-20(28-13-14-4-2-1-3-5-14)25-11-8-15(12-25)19-23-18(24-29-19)16-6-9-21-17-7-10-22-26(16)17/h1-7,9-10,15H,8,11-13H2. The fraction of sp³-hybridized carbons (Fsp3) is 0.250. The van der Waals surface area contributed by atoms with Gasteiger partial charge in [0.1, 0.15) is 12.3 Å². The molecule has 1 atom stereocenters. The molecule has 3 aromatic heterocycles. The van der Waals surface area contributed by atoms with Crippen molar-refractivity contribution in [2.75, 3.05) is 13.1 Å². The lowest BCUT2D eigenvalue weighted by Crippen LogP contribution is -2.29. The minimum Gasteiger partial charge on any atom is -0.445 e. The SMILES string of the molecule is O=C(OCc1ccccc1)N1CCC(c2nc(-c3ccnc4ccnn34)no2)C1. The molecule has 0 bridgehead atoms. The zero-order chi connectivity index (χ0) is 19.6. The molecule has 1 fully saturated rings. The maximum atomic E-state index is 12.4. The number of likely N-dealkylation sites (tertiary alicyclic amines) is 1. The van der Waals surface area contributed by atoms with Gasteiger partial charge in [-0.2, -0.15) is 10.1 Å². The van der Waals surface area contributed by atoms with Crippen LogP contribution >= 0.6 is 0 Å². The maximum Gasteiger partial charge on any atom is 0.410 e. The number of carbonyl (C=O) groups excluding carboxylic acids is 1. The van der Waals surface area contributed by atoms with Gasteiger partial charge in [0, 0.05) is 25.4 Å². The van der Waals surface area contributed by atoms with Crippen LogP contribution in [0.1, 0.15) is 23.8 Å². The minimum atomic E-state index is -0.330. The second-order valence-electron chi connectivity index (χ2n) is 6.86. The number of ether oxygens (including phenoxy) is 1. The Hall–Kier alpha value is -3.75. The fourth-order valence-corrected chi connectivity index (χ4v) is 3.45. The number of hydrogen-bond acceptors (Lipinski definition) is 7. The Bertz CT molecular complexity index is 1140. The van der Waals surface area contributed by atoms with Crippen molar-refractivity contribution in [3.8, 4) is 11.5 Å². The van der Waals surface area contributed by atoms with E-state index in [1.165, 1.54) is 0 Å². The van der Waals surface area contributed by atoms with Crippen LogP contribution < -0.4 is 0 Å². The van der Waals surface area contributed by atoms with Gasteiger partial charge in [-0.15, -0.1) is 0 Å². The number of fused-ring (bicyclic) bond motifs is 1. The van der Waals surface area contributed by atoms with Gasteiger partial charge in [0.15, 0.2) is 5.65 Å². The van der Waals surface area contributed by atoms with Gasteiger partial charge in [0.05, 0.1) is 12.1 Å². The predicted molar refractivity (Wildman–Crippen MR) is 102 cm³/mol. The minimum absolute atomic E-state index is 0.0181. The van der Waals surface area contributed by atoms with Crippen LogP contribution in [0.3, 0.4) is 0 Å². The van der Waals surface area contributed by atoms with E-state index in [1.807, 2.05) is 30.3 Å². The summed E-state index contributed by atoms with van der Waals surface area (Å²) in [6.07, 6.45) is 3.77. The topological polar surface area (TPSA) is 98.7 Å². The monoisotopic (exact) mass is 390 g/mol. The van der Waals surface area contributed by atoms with Gasteiger partial charge in [-0.3, -0.25) is 0 Å². The maximum absolute atomic E-state index is 12.4. The lowest BCUT2D eigenvalue weighted by molar-refractivity contribution is 0.103. The molecule has 0 aliphatic carbocycles. The Morgan fingerprint density at radius 2 is 2.07 bits per heavy atom. The molecule has 4 aromatic rings. The third-order valence-electron chi connectivity index (χ3n) is 4.96. The van der Waals surface area contributed by atoms with Gasteiger partial charge in [-0.25, -0.2) is 14.3 Å². The Balaban J connectivity index is 1.25. The van der Waals surface area contributed by atoms with E-state index in [2.05, 4.69) is 20.2 Å². The summed E-state index contributed by atoms with van der Waals surface area (Å²) in [6.45, 7) is 1.34. The van der Waals surface area contributed by atoms with Crippen molar-refractivity contribution in [2.45, 2.75) is 18.9 Å². The third-order valence-corrected chi connectivity index (χ3v) is 4.96. The molecular weight excluding hydrogens is 372 g/mol. The van der Waals surface area contributed by atoms with Crippen molar-refractivity contribution < 1.29 is 14.1 Å². The molecule has 1 aliphatic heterocycles. The summed E-state index contributed by atoms with van der Waals surface area (Å²) in [4.78, 5) is 22.8. The van der Waals surface area contributed by atoms with Crippen molar-refractivity contribution >= 4 is 11.7 Å². The van der Waals surface area contributed by atoms with E-state index in [4.69, 9.17) is 9.26 Å². The fourth-order valence-electron chi connectivity index (χ4n) is 3.45. The normalized spacial score (nSPS) is 16.4. The highest BCUT2D eigenvalue weighted by atomic mass is 16.6.